The Bertz CT molecular complexity index is 1810. The van der Waals surface area contributed by atoms with E-state index in [1.807, 2.05) is 24.3 Å². The Hall–Kier alpha value is -4.12. The van der Waals surface area contributed by atoms with E-state index in [9.17, 15) is 14.3 Å². The van der Waals surface area contributed by atoms with Crippen molar-refractivity contribution in [3.8, 4) is 5.75 Å². The van der Waals surface area contributed by atoms with Crippen molar-refractivity contribution in [3.05, 3.63) is 88.7 Å². The summed E-state index contributed by atoms with van der Waals surface area (Å²) in [5.41, 5.74) is 3.97. The fourth-order valence-corrected chi connectivity index (χ4v) is 6.04. The van der Waals surface area contributed by atoms with Crippen molar-refractivity contribution < 1.29 is 28.2 Å². The number of nitrogens with zero attached hydrogens (tertiary/aromatic N) is 4. The summed E-state index contributed by atoms with van der Waals surface area (Å²) in [5, 5.41) is 10.5. The van der Waals surface area contributed by atoms with Crippen molar-refractivity contribution in [2.45, 2.75) is 32.2 Å². The second-order valence-corrected chi connectivity index (χ2v) is 11.4. The van der Waals surface area contributed by atoms with E-state index in [0.717, 1.165) is 67.5 Å². The van der Waals surface area contributed by atoms with E-state index in [2.05, 4.69) is 14.4 Å². The van der Waals surface area contributed by atoms with E-state index in [-0.39, 0.29) is 18.3 Å². The van der Waals surface area contributed by atoms with Gasteiger partial charge in [-0.3, -0.25) is 4.90 Å². The Balaban J connectivity index is 1.05. The van der Waals surface area contributed by atoms with Crippen LogP contribution in [0.1, 0.15) is 28.2 Å². The number of hydrogen-bond acceptors (Lipinski definition) is 7. The molecule has 43 heavy (non-hydrogen) atoms. The van der Waals surface area contributed by atoms with Gasteiger partial charge in [0.25, 0.3) is 6.01 Å². The lowest BCUT2D eigenvalue weighted by Crippen LogP contribution is -2.46. The lowest BCUT2D eigenvalue weighted by atomic mass is 10.1. The zero-order chi connectivity index (χ0) is 29.5. The van der Waals surface area contributed by atoms with Crippen LogP contribution in [-0.2, 0) is 24.4 Å². The number of fused-ring (bicyclic) bond motifs is 2. The number of anilines is 1. The van der Waals surface area contributed by atoms with E-state index in [4.69, 9.17) is 30.5 Å². The van der Waals surface area contributed by atoms with Crippen LogP contribution in [0.2, 0.25) is 5.02 Å². The van der Waals surface area contributed by atoms with Crippen molar-refractivity contribution in [2.24, 2.45) is 0 Å². The number of ether oxygens (including phenoxy) is 2. The highest BCUT2D eigenvalue weighted by molar-refractivity contribution is 6.35. The molecule has 0 radical (unpaired) electrons. The molecule has 11 heteroatoms. The van der Waals surface area contributed by atoms with Crippen molar-refractivity contribution in [2.75, 3.05) is 37.7 Å². The molecule has 0 spiro atoms. The van der Waals surface area contributed by atoms with Crippen LogP contribution < -0.4 is 9.64 Å². The van der Waals surface area contributed by atoms with E-state index < -0.39 is 12.0 Å². The first-order chi connectivity index (χ1) is 20.9. The van der Waals surface area contributed by atoms with Crippen LogP contribution in [-0.4, -0.2) is 64.4 Å². The van der Waals surface area contributed by atoms with Crippen LogP contribution >= 0.6 is 11.6 Å². The van der Waals surface area contributed by atoms with Gasteiger partial charge in [0.2, 0.25) is 0 Å². The molecular weight excluding hydrogens is 575 g/mol. The van der Waals surface area contributed by atoms with Crippen LogP contribution in [0, 0.1) is 6.01 Å². The van der Waals surface area contributed by atoms with E-state index in [1.165, 1.54) is 6.07 Å². The van der Waals surface area contributed by atoms with Gasteiger partial charge < -0.3 is 28.5 Å². The number of furan rings is 1. The Labute approximate surface area is 252 Å². The third kappa shape index (κ3) is 5.53. The average molecular weight is 605 g/mol. The molecule has 0 unspecified atom stereocenters. The maximum absolute atomic E-state index is 13.8. The van der Waals surface area contributed by atoms with E-state index in [1.54, 1.807) is 30.3 Å². The summed E-state index contributed by atoms with van der Waals surface area (Å²) in [5.74, 6) is 0.698. The predicted octanol–water partition coefficient (Wildman–Crippen LogP) is 5.96. The Kier molecular flexibility index (Phi) is 7.42. The normalized spacial score (nSPS) is 17.4. The molecule has 2 fully saturated rings. The number of carbonyl (C=O) groups is 1. The number of piperazine rings is 1. The first kappa shape index (κ1) is 27.7. The number of aromatic nitrogens is 2. The monoisotopic (exact) mass is 604 g/mol. The molecule has 2 saturated heterocycles. The highest BCUT2D eigenvalue weighted by Gasteiger charge is 2.25. The number of hydrogen-bond donors (Lipinski definition) is 1. The highest BCUT2D eigenvalue weighted by Crippen LogP contribution is 2.33. The van der Waals surface area contributed by atoms with Crippen molar-refractivity contribution >= 4 is 45.3 Å². The summed E-state index contributed by atoms with van der Waals surface area (Å²) >= 11 is 6.22. The topological polar surface area (TPSA) is 93.2 Å². The predicted molar refractivity (Wildman–Crippen MR) is 160 cm³/mol. The summed E-state index contributed by atoms with van der Waals surface area (Å²) in [6, 6.07) is 17.1. The molecular formula is C32H30ClFN4O5. The molecule has 2 aliphatic rings. The van der Waals surface area contributed by atoms with Crippen molar-refractivity contribution in [1.29, 1.82) is 0 Å². The third-order valence-corrected chi connectivity index (χ3v) is 8.59. The molecule has 0 amide bonds. The maximum Gasteiger partial charge on any atom is 0.335 e. The van der Waals surface area contributed by atoms with Gasteiger partial charge >= 0.3 is 5.97 Å². The number of rotatable bonds is 9. The van der Waals surface area contributed by atoms with Gasteiger partial charge in [0.1, 0.15) is 23.8 Å². The molecule has 4 heterocycles. The molecule has 2 aliphatic heterocycles. The van der Waals surface area contributed by atoms with Gasteiger partial charge in [-0.25, -0.2) is 9.78 Å². The highest BCUT2D eigenvalue weighted by atomic mass is 35.5. The van der Waals surface area contributed by atoms with Crippen molar-refractivity contribution in [3.63, 3.8) is 0 Å². The van der Waals surface area contributed by atoms with E-state index in [0.29, 0.717) is 34.6 Å². The smallest absolute Gasteiger partial charge is 0.335 e. The van der Waals surface area contributed by atoms with Crippen LogP contribution in [0.5, 0.6) is 5.75 Å². The summed E-state index contributed by atoms with van der Waals surface area (Å²) in [6.45, 7) is 5.51. The molecule has 3 aromatic carbocycles. The molecule has 0 bridgehead atoms. The fourth-order valence-electron chi connectivity index (χ4n) is 5.83. The summed E-state index contributed by atoms with van der Waals surface area (Å²) in [7, 11) is 0. The SMILES string of the molecule is O=C(O)c1ccc2nc(CN3CCN(c4ccccc4OCc4ccc(Cl)c5cc(F)oc45)CC3)n(C[C@@H]3CCO3)c2c1. The van der Waals surface area contributed by atoms with E-state index >= 15 is 0 Å². The van der Waals surface area contributed by atoms with Gasteiger partial charge in [0, 0.05) is 49.8 Å². The number of aromatic carboxylic acids is 1. The Morgan fingerprint density at radius 3 is 2.67 bits per heavy atom. The average Bonchev–Trinajstić information content (AvgIpc) is 3.55. The lowest BCUT2D eigenvalue weighted by Gasteiger charge is -2.36. The quantitative estimate of drug-likeness (QED) is 0.220. The largest absolute Gasteiger partial charge is 0.487 e. The molecule has 1 atom stereocenters. The number of carboxylic acid groups (broad SMARTS) is 1. The molecule has 7 rings (SSSR count). The molecule has 222 valence electrons. The minimum atomic E-state index is -0.951. The molecule has 1 N–H and O–H groups in total. The summed E-state index contributed by atoms with van der Waals surface area (Å²) in [4.78, 5) is 21.2. The summed E-state index contributed by atoms with van der Waals surface area (Å²) in [6.07, 6.45) is 1.10. The molecule has 5 aromatic rings. The third-order valence-electron chi connectivity index (χ3n) is 8.26. The van der Waals surface area contributed by atoms with Crippen LogP contribution in [0.3, 0.4) is 0 Å². The Morgan fingerprint density at radius 1 is 1.09 bits per heavy atom. The fraction of sp³-hybridized carbons (Fsp3) is 0.312. The molecule has 0 aliphatic carbocycles. The van der Waals surface area contributed by atoms with Crippen LogP contribution in [0.4, 0.5) is 10.1 Å². The first-order valence-electron chi connectivity index (χ1n) is 14.3. The minimum absolute atomic E-state index is 0.119. The first-order valence-corrected chi connectivity index (χ1v) is 14.7. The van der Waals surface area contributed by atoms with Gasteiger partial charge in [0.15, 0.2) is 0 Å². The minimum Gasteiger partial charge on any atom is -0.487 e. The van der Waals surface area contributed by atoms with Gasteiger partial charge in [-0.05, 0) is 42.8 Å². The standard InChI is InChI=1S/C32H30ClFN4O5/c33-24-7-5-21(31-23(24)16-29(34)43-31)19-42-28-4-2-1-3-26(28)37-12-10-36(11-13-37)18-30-35-25-8-6-20(32(39)40)15-27(25)38(30)17-22-9-14-41-22/h1-8,15-16,22H,9-14,17-19H2,(H,39,40)/t22-/m0/s1. The van der Waals surface area contributed by atoms with Gasteiger partial charge in [-0.1, -0.05) is 29.8 Å². The molecule has 2 aromatic heterocycles. The maximum atomic E-state index is 13.8. The zero-order valence-electron chi connectivity index (χ0n) is 23.3. The number of halogens is 2. The zero-order valence-corrected chi connectivity index (χ0v) is 24.1. The number of carboxylic acids is 1. The lowest BCUT2D eigenvalue weighted by molar-refractivity contribution is -0.0592. The van der Waals surface area contributed by atoms with Crippen LogP contribution in [0.25, 0.3) is 22.0 Å². The molecule has 9 nitrogen and oxygen atoms in total. The second kappa shape index (κ2) is 11.5. The van der Waals surface area contributed by atoms with Crippen molar-refractivity contribution in [1.82, 2.24) is 14.5 Å². The van der Waals surface area contributed by atoms with Crippen LogP contribution in [0.15, 0.2) is 65.1 Å². The second-order valence-electron chi connectivity index (χ2n) is 10.9. The van der Waals surface area contributed by atoms with Gasteiger partial charge in [-0.2, -0.15) is 4.39 Å². The van der Waals surface area contributed by atoms with Gasteiger partial charge in [-0.15, -0.1) is 0 Å². The Morgan fingerprint density at radius 2 is 1.91 bits per heavy atom. The number of imidazole rings is 1. The molecule has 0 saturated carbocycles. The van der Waals surface area contributed by atoms with Gasteiger partial charge in [0.05, 0.1) is 46.5 Å². The number of para-hydroxylation sites is 2. The number of benzene rings is 3. The summed E-state index contributed by atoms with van der Waals surface area (Å²) < 4.78 is 33.1.